The van der Waals surface area contributed by atoms with Gasteiger partial charge in [0.05, 0.1) is 28.2 Å². The van der Waals surface area contributed by atoms with Gasteiger partial charge in [0.25, 0.3) is 0 Å². The highest BCUT2D eigenvalue weighted by molar-refractivity contribution is 7.88. The first-order chi connectivity index (χ1) is 16.8. The van der Waals surface area contributed by atoms with Crippen LogP contribution in [0.15, 0.2) is 42.6 Å². The monoisotopic (exact) mass is 534 g/mol. The largest absolute Gasteiger partial charge is 0.489 e. The molecule has 0 bridgehead atoms. The molecular formula is C25H28Cl2N4O3S. The zero-order valence-electron chi connectivity index (χ0n) is 19.5. The Hall–Kier alpha value is -2.28. The Kier molecular flexibility index (Phi) is 8.25. The van der Waals surface area contributed by atoms with Crippen LogP contribution in [0.25, 0.3) is 16.6 Å². The molecule has 0 aliphatic carbocycles. The van der Waals surface area contributed by atoms with Crippen LogP contribution in [0.2, 0.25) is 5.02 Å². The minimum atomic E-state index is -3.19. The van der Waals surface area contributed by atoms with Crippen molar-refractivity contribution in [3.63, 3.8) is 0 Å². The zero-order valence-corrected chi connectivity index (χ0v) is 21.8. The normalized spacial score (nSPS) is 16.9. The third-order valence-corrected chi connectivity index (χ3v) is 7.30. The fourth-order valence-electron chi connectivity index (χ4n) is 4.61. The predicted molar refractivity (Wildman–Crippen MR) is 140 cm³/mol. The summed E-state index contributed by atoms with van der Waals surface area (Å²) in [5.74, 6) is 0.660. The van der Waals surface area contributed by atoms with Gasteiger partial charge in [-0.25, -0.2) is 13.1 Å². The molecule has 1 fully saturated rings. The molecule has 1 atom stereocenters. The zero-order chi connectivity index (χ0) is 25.0. The number of nitrogens with zero attached hydrogens (tertiary/aromatic N) is 3. The van der Waals surface area contributed by atoms with Crippen LogP contribution in [0, 0.1) is 11.3 Å². The van der Waals surface area contributed by atoms with Crippen molar-refractivity contribution in [2.24, 2.45) is 0 Å². The smallest absolute Gasteiger partial charge is 0.208 e. The average Bonchev–Trinajstić information content (AvgIpc) is 3.24. The summed E-state index contributed by atoms with van der Waals surface area (Å²) < 4.78 is 33.4. The molecule has 186 valence electrons. The SMILES string of the molecule is CS(=O)(=O)NC1CCCN(CCc2ccc3c(ccn3-c3cc(Cl)c(OCCCl)c(C#N)c3)c2)C1. The van der Waals surface area contributed by atoms with Gasteiger partial charge >= 0.3 is 0 Å². The summed E-state index contributed by atoms with van der Waals surface area (Å²) in [4.78, 5) is 2.32. The van der Waals surface area contributed by atoms with E-state index in [1.54, 1.807) is 12.1 Å². The van der Waals surface area contributed by atoms with Crippen molar-refractivity contribution in [3.8, 4) is 17.5 Å². The van der Waals surface area contributed by atoms with E-state index in [1.807, 2.05) is 16.8 Å². The second-order valence-electron chi connectivity index (χ2n) is 8.81. The molecule has 35 heavy (non-hydrogen) atoms. The summed E-state index contributed by atoms with van der Waals surface area (Å²) in [6, 6.07) is 14.1. The summed E-state index contributed by atoms with van der Waals surface area (Å²) in [6.45, 7) is 2.86. The van der Waals surface area contributed by atoms with Crippen LogP contribution in [-0.2, 0) is 16.4 Å². The molecule has 1 aliphatic rings. The molecule has 7 nitrogen and oxygen atoms in total. The van der Waals surface area contributed by atoms with Crippen molar-refractivity contribution in [1.29, 1.82) is 5.26 Å². The van der Waals surface area contributed by atoms with Crippen molar-refractivity contribution < 1.29 is 13.2 Å². The Labute approximate surface area is 216 Å². The minimum Gasteiger partial charge on any atom is -0.489 e. The molecule has 0 saturated carbocycles. The van der Waals surface area contributed by atoms with Gasteiger partial charge in [-0.05, 0) is 61.7 Å². The summed E-state index contributed by atoms with van der Waals surface area (Å²) in [6.07, 6.45) is 5.92. The highest BCUT2D eigenvalue weighted by Gasteiger charge is 2.22. The van der Waals surface area contributed by atoms with E-state index in [0.717, 1.165) is 55.5 Å². The lowest BCUT2D eigenvalue weighted by Crippen LogP contribution is -2.47. The number of rotatable bonds is 9. The second kappa shape index (κ2) is 11.2. The maximum Gasteiger partial charge on any atom is 0.208 e. The van der Waals surface area contributed by atoms with Gasteiger partial charge in [0.1, 0.15) is 12.7 Å². The number of sulfonamides is 1. The Morgan fingerprint density at radius 3 is 2.83 bits per heavy atom. The number of nitrogens with one attached hydrogen (secondary N) is 1. The number of benzene rings is 2. The number of aromatic nitrogens is 1. The number of nitriles is 1. The van der Waals surface area contributed by atoms with E-state index in [4.69, 9.17) is 27.9 Å². The summed E-state index contributed by atoms with van der Waals surface area (Å²) in [5.41, 5.74) is 3.37. The number of hydrogen-bond acceptors (Lipinski definition) is 5. The lowest BCUT2D eigenvalue weighted by molar-refractivity contribution is 0.204. The second-order valence-corrected chi connectivity index (χ2v) is 11.4. The lowest BCUT2D eigenvalue weighted by Gasteiger charge is -2.32. The van der Waals surface area contributed by atoms with E-state index >= 15 is 0 Å². The van der Waals surface area contributed by atoms with Crippen molar-refractivity contribution in [1.82, 2.24) is 14.2 Å². The Morgan fingerprint density at radius 1 is 1.26 bits per heavy atom. The van der Waals surface area contributed by atoms with Gasteiger partial charge in [0.2, 0.25) is 10.0 Å². The van der Waals surface area contributed by atoms with E-state index < -0.39 is 10.0 Å². The van der Waals surface area contributed by atoms with Crippen molar-refractivity contribution in [3.05, 3.63) is 58.7 Å². The molecule has 4 rings (SSSR count). The standard InChI is InChI=1S/C25H28Cl2N4O3S/c1-35(32,33)29-21-3-2-9-30(17-21)10-6-18-4-5-24-19(13-18)7-11-31(24)22-14-20(16-28)25(23(27)15-22)34-12-8-26/h4-5,7,11,13-15,21,29H,2-3,6,8-10,12,17H2,1H3. The van der Waals surface area contributed by atoms with E-state index in [1.165, 1.54) is 11.8 Å². The fraction of sp³-hybridized carbons (Fsp3) is 0.400. The van der Waals surface area contributed by atoms with Gasteiger partial charge in [0, 0.05) is 36.4 Å². The summed E-state index contributed by atoms with van der Waals surface area (Å²) in [5, 5.41) is 11.0. The number of ether oxygens (including phenoxy) is 1. The molecule has 1 aliphatic heterocycles. The fourth-order valence-corrected chi connectivity index (χ4v) is 5.75. The third kappa shape index (κ3) is 6.49. The van der Waals surface area contributed by atoms with Crippen LogP contribution in [-0.4, -0.2) is 62.3 Å². The number of halogens is 2. The molecule has 1 unspecified atom stereocenters. The molecule has 0 amide bonds. The third-order valence-electron chi connectivity index (χ3n) is 6.11. The number of likely N-dealkylation sites (tertiary alicyclic amines) is 1. The van der Waals surface area contributed by atoms with Crippen LogP contribution >= 0.6 is 23.2 Å². The van der Waals surface area contributed by atoms with Gasteiger partial charge in [0.15, 0.2) is 5.75 Å². The van der Waals surface area contributed by atoms with Crippen molar-refractivity contribution in [2.45, 2.75) is 25.3 Å². The first-order valence-electron chi connectivity index (χ1n) is 11.5. The Morgan fingerprint density at radius 2 is 2.09 bits per heavy atom. The molecular weight excluding hydrogens is 507 g/mol. The van der Waals surface area contributed by atoms with Crippen molar-refractivity contribution >= 4 is 44.1 Å². The van der Waals surface area contributed by atoms with Gasteiger partial charge < -0.3 is 14.2 Å². The molecule has 1 aromatic heterocycles. The Balaban J connectivity index is 1.48. The molecule has 0 radical (unpaired) electrons. The topological polar surface area (TPSA) is 87.4 Å². The molecule has 0 spiro atoms. The van der Waals surface area contributed by atoms with E-state index in [-0.39, 0.29) is 12.6 Å². The van der Waals surface area contributed by atoms with Crippen LogP contribution in [0.1, 0.15) is 24.0 Å². The number of fused-ring (bicyclic) bond motifs is 1. The lowest BCUT2D eigenvalue weighted by atomic mass is 10.0. The first-order valence-corrected chi connectivity index (χ1v) is 14.3. The molecule has 1 N–H and O–H groups in total. The van der Waals surface area contributed by atoms with E-state index in [2.05, 4.69) is 33.9 Å². The van der Waals surface area contributed by atoms with Crippen LogP contribution in [0.4, 0.5) is 0 Å². The van der Waals surface area contributed by atoms with E-state index in [0.29, 0.717) is 22.2 Å². The van der Waals surface area contributed by atoms with Crippen LogP contribution in [0.5, 0.6) is 5.75 Å². The highest BCUT2D eigenvalue weighted by atomic mass is 35.5. The minimum absolute atomic E-state index is 0.0212. The number of hydrogen-bond donors (Lipinski definition) is 1. The quantitative estimate of drug-likeness (QED) is 0.413. The van der Waals surface area contributed by atoms with Crippen LogP contribution in [0.3, 0.4) is 0 Å². The van der Waals surface area contributed by atoms with Gasteiger partial charge in [-0.1, -0.05) is 17.7 Å². The van der Waals surface area contributed by atoms with Gasteiger partial charge in [-0.2, -0.15) is 5.26 Å². The highest BCUT2D eigenvalue weighted by Crippen LogP contribution is 2.33. The average molecular weight is 535 g/mol. The molecule has 10 heteroatoms. The number of alkyl halides is 1. The predicted octanol–water partition coefficient (Wildman–Crippen LogP) is 4.33. The van der Waals surface area contributed by atoms with Gasteiger partial charge in [-0.15, -0.1) is 11.6 Å². The number of piperidine rings is 1. The molecule has 2 aromatic carbocycles. The Bertz CT molecular complexity index is 1350. The van der Waals surface area contributed by atoms with Crippen molar-refractivity contribution in [2.75, 3.05) is 38.4 Å². The first kappa shape index (κ1) is 25.8. The molecule has 1 saturated heterocycles. The maximum absolute atomic E-state index is 11.6. The summed E-state index contributed by atoms with van der Waals surface area (Å²) >= 11 is 12.1. The van der Waals surface area contributed by atoms with Gasteiger partial charge in [-0.3, -0.25) is 0 Å². The maximum atomic E-state index is 11.6. The van der Waals surface area contributed by atoms with Crippen LogP contribution < -0.4 is 9.46 Å². The summed E-state index contributed by atoms with van der Waals surface area (Å²) in [7, 11) is -3.19. The molecule has 2 heterocycles. The molecule has 3 aromatic rings. The van der Waals surface area contributed by atoms with E-state index in [9.17, 15) is 13.7 Å².